The number of nitrogens with zero attached hydrogens (tertiary/aromatic N) is 2. The van der Waals surface area contributed by atoms with Gasteiger partial charge < -0.3 is 4.57 Å². The van der Waals surface area contributed by atoms with E-state index in [-0.39, 0.29) is 6.04 Å². The zero-order chi connectivity index (χ0) is 29.2. The highest BCUT2D eigenvalue weighted by Crippen LogP contribution is 2.35. The number of hydrogen-bond acceptors (Lipinski definition) is 1. The highest BCUT2D eigenvalue weighted by Gasteiger charge is 2.18. The highest BCUT2D eigenvalue weighted by molar-refractivity contribution is 6.33. The largest absolute Gasteiger partial charge is 0.338 e. The molecule has 0 spiro atoms. The van der Waals surface area contributed by atoms with Crippen molar-refractivity contribution in [1.82, 2.24) is 4.57 Å². The quantitative estimate of drug-likeness (QED) is 0.165. The molecule has 0 aliphatic heterocycles. The first-order valence-corrected chi connectivity index (χ1v) is 15.7. The lowest BCUT2D eigenvalue weighted by Gasteiger charge is -2.14. The van der Waals surface area contributed by atoms with E-state index in [1.807, 2.05) is 0 Å². The summed E-state index contributed by atoms with van der Waals surface area (Å²) < 4.78 is 2.50. The average Bonchev–Trinajstić information content (AvgIpc) is 3.54. The number of aliphatic imine (C=N–C) groups is 1. The molecule has 2 nitrogen and oxygen atoms in total. The van der Waals surface area contributed by atoms with Crippen LogP contribution in [0.4, 0.5) is 0 Å². The molecule has 2 atom stereocenters. The summed E-state index contributed by atoms with van der Waals surface area (Å²) >= 11 is 7.06. The SMILES string of the molecule is CCC(C)N=C(/C=C/C1=C(Cl)C(=C/C=c2\c3cccc4cccc(c43)n2C(C)CC)/CC1)c1cccc2ccccc12. The molecule has 0 saturated heterocycles. The van der Waals surface area contributed by atoms with Crippen LogP contribution in [0.15, 0.2) is 118 Å². The van der Waals surface area contributed by atoms with E-state index in [1.54, 1.807) is 0 Å². The van der Waals surface area contributed by atoms with E-state index in [1.165, 1.54) is 54.5 Å². The number of aromatic nitrogens is 1. The van der Waals surface area contributed by atoms with E-state index in [0.29, 0.717) is 6.04 Å². The van der Waals surface area contributed by atoms with E-state index >= 15 is 0 Å². The molecule has 0 N–H and O–H groups in total. The molecular formula is C39H39ClN2. The normalized spacial score (nSPS) is 17.6. The molecule has 3 heteroatoms. The minimum absolute atomic E-state index is 0.243. The van der Waals surface area contributed by atoms with Gasteiger partial charge in [-0.25, -0.2) is 0 Å². The minimum atomic E-state index is 0.243. The molecular weight excluding hydrogens is 532 g/mol. The molecule has 4 aromatic carbocycles. The first-order valence-electron chi connectivity index (χ1n) is 15.3. The Labute approximate surface area is 254 Å². The van der Waals surface area contributed by atoms with Crippen molar-refractivity contribution in [3.63, 3.8) is 0 Å². The molecule has 6 rings (SSSR count). The van der Waals surface area contributed by atoms with Gasteiger partial charge in [-0.1, -0.05) is 110 Å². The Balaban J connectivity index is 1.40. The van der Waals surface area contributed by atoms with E-state index in [0.717, 1.165) is 36.4 Å². The van der Waals surface area contributed by atoms with Gasteiger partial charge in [0.05, 0.1) is 5.71 Å². The lowest BCUT2D eigenvalue weighted by molar-refractivity contribution is 0.539. The Morgan fingerprint density at radius 3 is 2.36 bits per heavy atom. The van der Waals surface area contributed by atoms with Crippen molar-refractivity contribution in [3.8, 4) is 0 Å². The third-order valence-electron chi connectivity index (χ3n) is 8.84. The van der Waals surface area contributed by atoms with Crippen molar-refractivity contribution in [2.45, 2.75) is 65.5 Å². The van der Waals surface area contributed by atoms with E-state index in [9.17, 15) is 0 Å². The van der Waals surface area contributed by atoms with Crippen LogP contribution in [0.1, 0.15) is 65.0 Å². The summed E-state index contributed by atoms with van der Waals surface area (Å²) in [7, 11) is 0. The van der Waals surface area contributed by atoms with E-state index in [2.05, 4.69) is 135 Å². The van der Waals surface area contributed by atoms with Gasteiger partial charge in [0.25, 0.3) is 0 Å². The summed E-state index contributed by atoms with van der Waals surface area (Å²) in [6.45, 7) is 8.94. The molecule has 2 unspecified atom stereocenters. The molecule has 5 aromatic rings. The molecule has 0 saturated carbocycles. The van der Waals surface area contributed by atoms with Crippen LogP contribution in [-0.2, 0) is 0 Å². The van der Waals surface area contributed by atoms with Crippen LogP contribution in [0.5, 0.6) is 0 Å². The van der Waals surface area contributed by atoms with E-state index < -0.39 is 0 Å². The lowest BCUT2D eigenvalue weighted by Crippen LogP contribution is -2.19. The third kappa shape index (κ3) is 5.25. The first kappa shape index (κ1) is 28.2. The number of rotatable bonds is 8. The van der Waals surface area contributed by atoms with Gasteiger partial charge in [-0.2, -0.15) is 0 Å². The molecule has 212 valence electrons. The standard InChI is InChI=1S/C39H39ClN2/c1-5-26(3)41-35(33-17-9-13-28-12-7-8-16-32(28)33)24-22-30-20-21-31(39(30)40)23-25-36-34-18-10-14-29-15-11-19-37(38(29)34)42(36)27(4)6-2/h7-19,22-27H,5-6,20-21H2,1-4H3/b24-22+,31-23+,36-25+,41-35?. The van der Waals surface area contributed by atoms with Crippen molar-refractivity contribution >= 4 is 55.8 Å². The number of benzene rings is 4. The summed E-state index contributed by atoms with van der Waals surface area (Å²) in [4.78, 5) is 5.11. The summed E-state index contributed by atoms with van der Waals surface area (Å²) in [6, 6.07) is 28.9. The lowest BCUT2D eigenvalue weighted by atomic mass is 9.99. The van der Waals surface area contributed by atoms with Crippen molar-refractivity contribution in [1.29, 1.82) is 0 Å². The Hall–Kier alpha value is -3.88. The van der Waals surface area contributed by atoms with Crippen molar-refractivity contribution < 1.29 is 0 Å². The fourth-order valence-corrected chi connectivity index (χ4v) is 6.48. The van der Waals surface area contributed by atoms with Gasteiger partial charge in [0.1, 0.15) is 0 Å². The molecule has 1 aromatic heterocycles. The van der Waals surface area contributed by atoms with Crippen LogP contribution < -0.4 is 5.35 Å². The van der Waals surface area contributed by atoms with Crippen molar-refractivity contribution in [3.05, 3.63) is 124 Å². The maximum Gasteiger partial charge on any atom is 0.0656 e. The average molecular weight is 571 g/mol. The predicted molar refractivity (Wildman–Crippen MR) is 184 cm³/mol. The van der Waals surface area contributed by atoms with Gasteiger partial charge in [-0.3, -0.25) is 4.99 Å². The second-order valence-corrected chi connectivity index (χ2v) is 11.9. The zero-order valence-corrected chi connectivity index (χ0v) is 25.8. The van der Waals surface area contributed by atoms with E-state index in [4.69, 9.17) is 16.6 Å². The Morgan fingerprint density at radius 1 is 0.833 bits per heavy atom. The predicted octanol–water partition coefficient (Wildman–Crippen LogP) is 10.5. The Morgan fingerprint density at radius 2 is 1.55 bits per heavy atom. The topological polar surface area (TPSA) is 17.3 Å². The zero-order valence-electron chi connectivity index (χ0n) is 25.1. The fourth-order valence-electron chi connectivity index (χ4n) is 6.17. The molecule has 1 heterocycles. The van der Waals surface area contributed by atoms with Gasteiger partial charge in [-0.05, 0) is 85.1 Å². The van der Waals surface area contributed by atoms with Crippen molar-refractivity contribution in [2.75, 3.05) is 0 Å². The van der Waals surface area contributed by atoms with Gasteiger partial charge in [0.2, 0.25) is 0 Å². The van der Waals surface area contributed by atoms with Gasteiger partial charge >= 0.3 is 0 Å². The second-order valence-electron chi connectivity index (χ2n) is 11.5. The summed E-state index contributed by atoms with van der Waals surface area (Å²) in [5.74, 6) is 0. The summed E-state index contributed by atoms with van der Waals surface area (Å²) in [5.41, 5.74) is 5.86. The van der Waals surface area contributed by atoms with Crippen molar-refractivity contribution in [2.24, 2.45) is 4.99 Å². The third-order valence-corrected chi connectivity index (χ3v) is 9.32. The maximum absolute atomic E-state index is 7.06. The summed E-state index contributed by atoms with van der Waals surface area (Å²) in [5, 5.41) is 8.53. The van der Waals surface area contributed by atoms with Crippen LogP contribution >= 0.6 is 11.6 Å². The fraction of sp³-hybridized carbons (Fsp3) is 0.256. The van der Waals surface area contributed by atoms with Gasteiger partial charge in [0.15, 0.2) is 0 Å². The van der Waals surface area contributed by atoms with Gasteiger partial charge in [-0.15, -0.1) is 0 Å². The molecule has 1 aliphatic carbocycles. The van der Waals surface area contributed by atoms with Crippen LogP contribution in [0.2, 0.25) is 0 Å². The smallest absolute Gasteiger partial charge is 0.0656 e. The highest BCUT2D eigenvalue weighted by atomic mass is 35.5. The first-order chi connectivity index (χ1) is 20.5. The van der Waals surface area contributed by atoms with Crippen LogP contribution in [0, 0.1) is 0 Å². The maximum atomic E-state index is 7.06. The second kappa shape index (κ2) is 12.2. The van der Waals surface area contributed by atoms with Crippen LogP contribution in [-0.4, -0.2) is 16.3 Å². The van der Waals surface area contributed by atoms with Gasteiger partial charge in [0, 0.05) is 44.3 Å². The molecule has 0 fully saturated rings. The number of hydrogen-bond donors (Lipinski definition) is 0. The number of fused-ring (bicyclic) bond motifs is 1. The molecule has 0 radical (unpaired) electrons. The van der Waals surface area contributed by atoms with Crippen LogP contribution in [0.3, 0.4) is 0 Å². The number of allylic oxidation sites excluding steroid dienone is 6. The van der Waals surface area contributed by atoms with Crippen LogP contribution in [0.25, 0.3) is 38.5 Å². The molecule has 0 bridgehead atoms. The molecule has 42 heavy (non-hydrogen) atoms. The Bertz CT molecular complexity index is 1940. The molecule has 0 amide bonds. The monoisotopic (exact) mass is 570 g/mol. The Kier molecular flexibility index (Phi) is 8.18. The number of halogens is 1. The molecule has 1 aliphatic rings. The summed E-state index contributed by atoms with van der Waals surface area (Å²) in [6.07, 6.45) is 12.8. The minimum Gasteiger partial charge on any atom is -0.338 e.